The number of aliphatic hydroxyl groups is 2. The van der Waals surface area contributed by atoms with Gasteiger partial charge < -0.3 is 20.3 Å². The molecule has 0 saturated carbocycles. The minimum atomic E-state index is -1.17. The van der Waals surface area contributed by atoms with Gasteiger partial charge in [0.2, 0.25) is 5.91 Å². The van der Waals surface area contributed by atoms with E-state index in [4.69, 9.17) is 4.74 Å². The molecular weight excluding hydrogens is 464 g/mol. The molecule has 0 radical (unpaired) electrons. The Morgan fingerprint density at radius 1 is 1.26 bits per heavy atom. The molecule has 2 saturated heterocycles. The lowest BCUT2D eigenvalue weighted by Crippen LogP contribution is -2.47. The normalized spacial score (nSPS) is 37.5. The number of hydrogen-bond donors (Lipinski definition) is 3. The molecule has 35 heavy (non-hydrogen) atoms. The van der Waals surface area contributed by atoms with Gasteiger partial charge >= 0.3 is 0 Å². The molecule has 2 aliphatic rings. The largest absolute Gasteiger partial charge is 0.392 e. The predicted octanol–water partition coefficient (Wildman–Crippen LogP) is 4.05. The van der Waals surface area contributed by atoms with Crippen molar-refractivity contribution in [2.24, 2.45) is 17.3 Å². The number of nitrogens with one attached hydrogen (secondary N) is 1. The van der Waals surface area contributed by atoms with Gasteiger partial charge in [-0.3, -0.25) is 9.59 Å². The highest BCUT2D eigenvalue weighted by molar-refractivity contribution is 7.09. The van der Waals surface area contributed by atoms with Crippen molar-refractivity contribution in [2.75, 3.05) is 0 Å². The number of aromatic nitrogens is 1. The molecule has 2 fully saturated rings. The maximum atomic E-state index is 13.2. The highest BCUT2D eigenvalue weighted by Gasteiger charge is 2.52. The van der Waals surface area contributed by atoms with Crippen molar-refractivity contribution in [3.63, 3.8) is 0 Å². The zero-order valence-electron chi connectivity index (χ0n) is 22.1. The highest BCUT2D eigenvalue weighted by Crippen LogP contribution is 2.44. The molecule has 3 rings (SSSR count). The maximum Gasteiger partial charge on any atom is 0.223 e. The molecule has 8 heteroatoms. The minimum Gasteiger partial charge on any atom is -0.392 e. The third kappa shape index (κ3) is 6.59. The van der Waals surface area contributed by atoms with Gasteiger partial charge in [-0.25, -0.2) is 4.98 Å². The maximum absolute atomic E-state index is 13.2. The van der Waals surface area contributed by atoms with Crippen LogP contribution in [0.15, 0.2) is 11.0 Å². The molecule has 2 aliphatic heterocycles. The zero-order valence-corrected chi connectivity index (χ0v) is 22.9. The molecule has 0 aliphatic carbocycles. The number of aryl methyl sites for hydroxylation is 1. The number of hydrogen-bond acceptors (Lipinski definition) is 7. The van der Waals surface area contributed by atoms with Gasteiger partial charge in [-0.2, -0.15) is 0 Å². The third-order valence-electron chi connectivity index (χ3n) is 8.07. The second-order valence-corrected chi connectivity index (χ2v) is 12.5. The first-order chi connectivity index (χ1) is 16.2. The molecule has 0 bridgehead atoms. The second-order valence-electron chi connectivity index (χ2n) is 11.4. The summed E-state index contributed by atoms with van der Waals surface area (Å²) in [6.07, 6.45) is 2.99. The van der Waals surface area contributed by atoms with Crippen LogP contribution in [0.1, 0.15) is 84.3 Å². The van der Waals surface area contributed by atoms with E-state index in [9.17, 15) is 19.8 Å². The van der Waals surface area contributed by atoms with E-state index in [-0.39, 0.29) is 41.8 Å². The Hall–Kier alpha value is -1.61. The fourth-order valence-corrected chi connectivity index (χ4v) is 5.76. The van der Waals surface area contributed by atoms with E-state index in [1.807, 2.05) is 32.2 Å². The molecule has 0 aromatic carbocycles. The Labute approximate surface area is 213 Å². The molecule has 3 heterocycles. The van der Waals surface area contributed by atoms with Crippen LogP contribution in [0.2, 0.25) is 0 Å². The van der Waals surface area contributed by atoms with Crippen molar-refractivity contribution in [1.29, 1.82) is 0 Å². The third-order valence-corrected chi connectivity index (χ3v) is 8.86. The molecule has 7 nitrogen and oxygen atoms in total. The second kappa shape index (κ2) is 10.8. The first-order valence-corrected chi connectivity index (χ1v) is 13.6. The van der Waals surface area contributed by atoms with Crippen LogP contribution in [0.4, 0.5) is 0 Å². The van der Waals surface area contributed by atoms with Gasteiger partial charge in [0.15, 0.2) is 0 Å². The SMILES string of the molecule is CC(=Cc1csc(C)n1)[C@H]1C[C@@H]2O[C@@]2(C)CCC[C@@H](C)[C@@H](O)[C@H](C)C(=O)C(C)(C)[C@H](O)CC(=O)N1. The molecular formula is C27H42N2O5S. The number of carbonyl (C=O) groups is 2. The van der Waals surface area contributed by atoms with Crippen LogP contribution in [-0.4, -0.2) is 56.8 Å². The Morgan fingerprint density at radius 3 is 2.57 bits per heavy atom. The summed E-state index contributed by atoms with van der Waals surface area (Å²) in [4.78, 5) is 30.8. The van der Waals surface area contributed by atoms with Crippen molar-refractivity contribution < 1.29 is 24.5 Å². The summed E-state index contributed by atoms with van der Waals surface area (Å²) in [5.74, 6) is -1.24. The fraction of sp³-hybridized carbons (Fsp3) is 0.741. The van der Waals surface area contributed by atoms with E-state index in [1.165, 1.54) is 0 Å². The van der Waals surface area contributed by atoms with Crippen LogP contribution < -0.4 is 5.32 Å². The van der Waals surface area contributed by atoms with Crippen LogP contribution in [0.25, 0.3) is 6.08 Å². The summed E-state index contributed by atoms with van der Waals surface area (Å²) in [5.41, 5.74) is 0.410. The monoisotopic (exact) mass is 506 g/mol. The van der Waals surface area contributed by atoms with E-state index in [1.54, 1.807) is 32.1 Å². The first-order valence-electron chi connectivity index (χ1n) is 12.7. The lowest BCUT2D eigenvalue weighted by Gasteiger charge is -2.34. The van der Waals surface area contributed by atoms with Crippen molar-refractivity contribution in [3.05, 3.63) is 21.7 Å². The summed E-state index contributed by atoms with van der Waals surface area (Å²) in [6, 6.07) is -0.269. The number of epoxide rings is 1. The lowest BCUT2D eigenvalue weighted by molar-refractivity contribution is -0.143. The molecule has 3 N–H and O–H groups in total. The number of rotatable bonds is 2. The fourth-order valence-electron chi connectivity index (χ4n) is 5.19. The van der Waals surface area contributed by atoms with Gasteiger partial charge in [0.25, 0.3) is 0 Å². The molecule has 7 atom stereocenters. The van der Waals surface area contributed by atoms with E-state index in [0.717, 1.165) is 35.5 Å². The van der Waals surface area contributed by atoms with Crippen LogP contribution in [0.3, 0.4) is 0 Å². The zero-order chi connectivity index (χ0) is 26.1. The standard InChI is InChI=1S/C27H42N2O5S/c1-15-9-8-10-27(7)22(34-27)12-20(16(2)11-19-14-35-18(4)28-19)29-23(31)13-21(30)26(5,6)25(33)17(3)24(15)32/h11,14-15,17,20-22,24,30,32H,8-10,12-13H2,1-7H3,(H,29,31)/t15-,17+,20-,21-,22+,24-,27+/m1/s1. The number of nitrogens with zero attached hydrogens (tertiary/aromatic N) is 1. The van der Waals surface area contributed by atoms with Crippen molar-refractivity contribution in [1.82, 2.24) is 10.3 Å². The first kappa shape index (κ1) is 28.0. The average molecular weight is 507 g/mol. The summed E-state index contributed by atoms with van der Waals surface area (Å²) in [5, 5.41) is 27.8. The number of Topliss-reactive ketones (excluding diaryl/α,β-unsaturated/α-hetero) is 1. The number of carbonyl (C=O) groups excluding carboxylic acids is 2. The molecule has 1 aromatic heterocycles. The van der Waals surface area contributed by atoms with Crippen LogP contribution in [0.5, 0.6) is 0 Å². The van der Waals surface area contributed by atoms with E-state index < -0.39 is 23.5 Å². The summed E-state index contributed by atoms with van der Waals surface area (Å²) >= 11 is 1.58. The number of aliphatic hydroxyl groups excluding tert-OH is 2. The van der Waals surface area contributed by atoms with Gasteiger partial charge in [-0.05, 0) is 51.2 Å². The Balaban J connectivity index is 1.85. The van der Waals surface area contributed by atoms with Crippen molar-refractivity contribution in [3.8, 4) is 0 Å². The van der Waals surface area contributed by atoms with Gasteiger partial charge in [0, 0.05) is 17.7 Å². The smallest absolute Gasteiger partial charge is 0.223 e. The number of ether oxygens (including phenoxy) is 1. The molecule has 1 amide bonds. The van der Waals surface area contributed by atoms with Crippen LogP contribution in [-0.2, 0) is 14.3 Å². The van der Waals surface area contributed by atoms with Crippen molar-refractivity contribution in [2.45, 2.75) is 111 Å². The highest BCUT2D eigenvalue weighted by atomic mass is 32.1. The quantitative estimate of drug-likeness (QED) is 0.522. The Bertz CT molecular complexity index is 957. The number of thiazole rings is 1. The van der Waals surface area contributed by atoms with E-state index in [2.05, 4.69) is 17.2 Å². The number of ketones is 1. The van der Waals surface area contributed by atoms with Gasteiger partial charge in [-0.1, -0.05) is 34.1 Å². The summed E-state index contributed by atoms with van der Waals surface area (Å²) in [6.45, 7) is 13.0. The molecule has 1 aromatic rings. The summed E-state index contributed by atoms with van der Waals surface area (Å²) in [7, 11) is 0. The average Bonchev–Trinajstić information content (AvgIpc) is 3.22. The van der Waals surface area contributed by atoms with E-state index >= 15 is 0 Å². The van der Waals surface area contributed by atoms with Crippen molar-refractivity contribution >= 4 is 29.1 Å². The molecule has 196 valence electrons. The van der Waals surface area contributed by atoms with Crippen LogP contribution in [0, 0.1) is 24.2 Å². The molecule has 0 unspecified atom stereocenters. The topological polar surface area (TPSA) is 112 Å². The Kier molecular flexibility index (Phi) is 8.62. The lowest BCUT2D eigenvalue weighted by atomic mass is 9.72. The van der Waals surface area contributed by atoms with Gasteiger partial charge in [0.05, 0.1) is 52.5 Å². The minimum absolute atomic E-state index is 0.0170. The van der Waals surface area contributed by atoms with Gasteiger partial charge in [-0.15, -0.1) is 11.3 Å². The summed E-state index contributed by atoms with van der Waals surface area (Å²) < 4.78 is 6.10. The molecule has 0 spiro atoms. The number of fused-ring (bicyclic) bond motifs is 1. The van der Waals surface area contributed by atoms with Crippen LogP contribution >= 0.6 is 11.3 Å². The Morgan fingerprint density at radius 2 is 1.94 bits per heavy atom. The number of amides is 1. The van der Waals surface area contributed by atoms with E-state index in [0.29, 0.717) is 6.42 Å². The predicted molar refractivity (Wildman–Crippen MR) is 138 cm³/mol. The van der Waals surface area contributed by atoms with Gasteiger partial charge in [0.1, 0.15) is 5.78 Å².